The second kappa shape index (κ2) is 3.49. The minimum Gasteiger partial charge on any atom is -0.314 e. The van der Waals surface area contributed by atoms with Gasteiger partial charge in [-0.1, -0.05) is 0 Å². The van der Waals surface area contributed by atoms with Gasteiger partial charge in [0.05, 0.1) is 0 Å². The molecule has 0 aliphatic carbocycles. The zero-order chi connectivity index (χ0) is 11.0. The van der Waals surface area contributed by atoms with Gasteiger partial charge in [-0.3, -0.25) is 9.59 Å². The summed E-state index contributed by atoms with van der Waals surface area (Å²) in [6.45, 7) is 3.96. The van der Waals surface area contributed by atoms with Gasteiger partial charge in [0.25, 0.3) is 0 Å². The topological polar surface area (TPSA) is 55.2 Å². The fourth-order valence-electron chi connectivity index (χ4n) is 1.68. The molecule has 5 heteroatoms. The van der Waals surface area contributed by atoms with Gasteiger partial charge >= 0.3 is 0 Å². The average Bonchev–Trinajstić information content (AvgIpc) is 2.73. The number of imide groups is 1. The summed E-state index contributed by atoms with van der Waals surface area (Å²) in [5.41, 5.74) is 0. The third kappa shape index (κ3) is 1.54. The van der Waals surface area contributed by atoms with Crippen molar-refractivity contribution in [3.63, 3.8) is 0 Å². The third-order valence-electron chi connectivity index (χ3n) is 2.46. The van der Waals surface area contributed by atoms with Crippen LogP contribution in [0.25, 0.3) is 0 Å². The van der Waals surface area contributed by atoms with Crippen LogP contribution in [-0.2, 0) is 9.59 Å². The molecule has 1 aliphatic rings. The molecule has 1 aromatic rings. The number of hydrogen-bond donors (Lipinski definition) is 0. The number of imidazole rings is 1. The van der Waals surface area contributed by atoms with Crippen LogP contribution in [0.5, 0.6) is 0 Å². The van der Waals surface area contributed by atoms with E-state index >= 15 is 0 Å². The predicted octanol–water partition coefficient (Wildman–Crippen LogP) is 1.12. The van der Waals surface area contributed by atoms with Crippen LogP contribution in [-0.4, -0.2) is 21.4 Å². The monoisotopic (exact) mass is 207 g/mol. The van der Waals surface area contributed by atoms with E-state index in [9.17, 15) is 9.59 Å². The van der Waals surface area contributed by atoms with Crippen LogP contribution in [0, 0.1) is 0 Å². The van der Waals surface area contributed by atoms with Crippen LogP contribution in [0.1, 0.15) is 32.7 Å². The van der Waals surface area contributed by atoms with Crippen molar-refractivity contribution in [1.29, 1.82) is 0 Å². The summed E-state index contributed by atoms with van der Waals surface area (Å²) in [6.07, 6.45) is 3.97. The maximum Gasteiger partial charge on any atom is 0.236 e. The van der Waals surface area contributed by atoms with Gasteiger partial charge in [0, 0.05) is 31.3 Å². The molecule has 0 N–H and O–H groups in total. The quantitative estimate of drug-likeness (QED) is 0.683. The minimum absolute atomic E-state index is 0.159. The van der Waals surface area contributed by atoms with Crippen molar-refractivity contribution >= 4 is 17.8 Å². The van der Waals surface area contributed by atoms with Crippen LogP contribution >= 0.6 is 0 Å². The number of carbonyl (C=O) groups is 2. The summed E-state index contributed by atoms with van der Waals surface area (Å²) in [5.74, 6) is 0.124. The van der Waals surface area contributed by atoms with Crippen LogP contribution in [0.15, 0.2) is 12.4 Å². The SMILES string of the molecule is CC(C)n1ccnc1N1C(=O)CCC1=O. The van der Waals surface area contributed by atoms with Crippen LogP contribution in [0.2, 0.25) is 0 Å². The standard InChI is InChI=1S/C10H13N3O2/c1-7(2)12-6-5-11-10(12)13-8(14)3-4-9(13)15/h5-7H,3-4H2,1-2H3. The van der Waals surface area contributed by atoms with Gasteiger partial charge in [0.15, 0.2) is 0 Å². The number of hydrogen-bond acceptors (Lipinski definition) is 3. The van der Waals surface area contributed by atoms with Gasteiger partial charge in [-0.25, -0.2) is 9.88 Å². The van der Waals surface area contributed by atoms with E-state index in [1.54, 1.807) is 12.4 Å². The Morgan fingerprint density at radius 2 is 1.87 bits per heavy atom. The van der Waals surface area contributed by atoms with E-state index in [-0.39, 0.29) is 17.9 Å². The van der Waals surface area contributed by atoms with Gasteiger partial charge in [-0.15, -0.1) is 0 Å². The molecule has 0 unspecified atom stereocenters. The summed E-state index contributed by atoms with van der Waals surface area (Å²) in [6, 6.07) is 0.184. The zero-order valence-corrected chi connectivity index (χ0v) is 8.80. The molecule has 1 saturated heterocycles. The molecule has 1 fully saturated rings. The van der Waals surface area contributed by atoms with Gasteiger partial charge in [-0.2, -0.15) is 0 Å². The van der Waals surface area contributed by atoms with Crippen LogP contribution in [0.3, 0.4) is 0 Å². The summed E-state index contributed by atoms with van der Waals surface area (Å²) >= 11 is 0. The number of rotatable bonds is 2. The normalized spacial score (nSPS) is 16.9. The molecule has 0 spiro atoms. The lowest BCUT2D eigenvalue weighted by molar-refractivity contribution is -0.121. The first-order valence-corrected chi connectivity index (χ1v) is 5.00. The molecule has 2 amide bonds. The van der Waals surface area contributed by atoms with Crippen LogP contribution < -0.4 is 4.90 Å². The van der Waals surface area contributed by atoms with E-state index in [0.29, 0.717) is 18.8 Å². The average molecular weight is 207 g/mol. The molecular weight excluding hydrogens is 194 g/mol. The lowest BCUT2D eigenvalue weighted by Gasteiger charge is -2.17. The largest absolute Gasteiger partial charge is 0.314 e. The van der Waals surface area contributed by atoms with Gasteiger partial charge in [-0.05, 0) is 13.8 Å². The number of aromatic nitrogens is 2. The summed E-state index contributed by atoms with van der Waals surface area (Å²) in [4.78, 5) is 28.3. The molecular formula is C10H13N3O2. The molecule has 15 heavy (non-hydrogen) atoms. The highest BCUT2D eigenvalue weighted by Crippen LogP contribution is 2.23. The Morgan fingerprint density at radius 3 is 2.40 bits per heavy atom. The van der Waals surface area contributed by atoms with Crippen molar-refractivity contribution in [2.75, 3.05) is 4.90 Å². The van der Waals surface area contributed by atoms with E-state index < -0.39 is 0 Å². The molecule has 0 radical (unpaired) electrons. The Labute approximate surface area is 87.7 Å². The van der Waals surface area contributed by atoms with Crippen molar-refractivity contribution in [2.45, 2.75) is 32.7 Å². The van der Waals surface area contributed by atoms with Crippen LogP contribution in [0.4, 0.5) is 5.95 Å². The Hall–Kier alpha value is -1.65. The molecule has 80 valence electrons. The first kappa shape index (κ1) is 9.89. The molecule has 0 atom stereocenters. The lowest BCUT2D eigenvalue weighted by atomic mass is 10.4. The molecule has 5 nitrogen and oxygen atoms in total. The van der Waals surface area contributed by atoms with Gasteiger partial charge in [0.2, 0.25) is 17.8 Å². The fraction of sp³-hybridized carbons (Fsp3) is 0.500. The van der Waals surface area contributed by atoms with Crippen molar-refractivity contribution < 1.29 is 9.59 Å². The second-order valence-corrected chi connectivity index (χ2v) is 3.85. The molecule has 1 aliphatic heterocycles. The first-order valence-electron chi connectivity index (χ1n) is 5.00. The zero-order valence-electron chi connectivity index (χ0n) is 8.80. The molecule has 1 aromatic heterocycles. The van der Waals surface area contributed by atoms with Crippen molar-refractivity contribution in [1.82, 2.24) is 9.55 Å². The highest BCUT2D eigenvalue weighted by Gasteiger charge is 2.33. The smallest absolute Gasteiger partial charge is 0.236 e. The van der Waals surface area contributed by atoms with E-state index in [1.165, 1.54) is 4.90 Å². The van der Waals surface area contributed by atoms with E-state index in [4.69, 9.17) is 0 Å². The maximum absolute atomic E-state index is 11.5. The number of nitrogens with zero attached hydrogens (tertiary/aromatic N) is 3. The third-order valence-corrected chi connectivity index (χ3v) is 2.46. The number of carbonyl (C=O) groups excluding carboxylic acids is 2. The Balaban J connectivity index is 2.40. The van der Waals surface area contributed by atoms with E-state index in [0.717, 1.165) is 0 Å². The highest BCUT2D eigenvalue weighted by molar-refractivity contribution is 6.18. The summed E-state index contributed by atoms with van der Waals surface area (Å²) in [7, 11) is 0. The second-order valence-electron chi connectivity index (χ2n) is 3.85. The number of amides is 2. The summed E-state index contributed by atoms with van der Waals surface area (Å²) in [5, 5.41) is 0. The minimum atomic E-state index is -0.159. The maximum atomic E-state index is 11.5. The fourth-order valence-corrected chi connectivity index (χ4v) is 1.68. The van der Waals surface area contributed by atoms with Gasteiger partial charge in [0.1, 0.15) is 0 Å². The predicted molar refractivity (Wildman–Crippen MR) is 54.3 cm³/mol. The van der Waals surface area contributed by atoms with Crippen molar-refractivity contribution in [3.8, 4) is 0 Å². The Morgan fingerprint density at radius 1 is 1.27 bits per heavy atom. The molecule has 2 rings (SSSR count). The first-order chi connectivity index (χ1) is 7.11. The molecule has 0 aromatic carbocycles. The van der Waals surface area contributed by atoms with Crippen molar-refractivity contribution in [3.05, 3.63) is 12.4 Å². The molecule has 2 heterocycles. The van der Waals surface area contributed by atoms with E-state index in [1.807, 2.05) is 18.4 Å². The Kier molecular flexibility index (Phi) is 2.30. The summed E-state index contributed by atoms with van der Waals surface area (Å²) < 4.78 is 1.82. The number of anilines is 1. The molecule has 0 bridgehead atoms. The van der Waals surface area contributed by atoms with Gasteiger partial charge < -0.3 is 4.57 Å². The van der Waals surface area contributed by atoms with Crippen molar-refractivity contribution in [2.24, 2.45) is 0 Å². The Bertz CT molecular complexity index is 393. The highest BCUT2D eigenvalue weighted by atomic mass is 16.2. The lowest BCUT2D eigenvalue weighted by Crippen LogP contribution is -2.31. The molecule has 0 saturated carbocycles. The van der Waals surface area contributed by atoms with E-state index in [2.05, 4.69) is 4.98 Å².